The molecule has 0 amide bonds. The van der Waals surface area contributed by atoms with E-state index in [2.05, 4.69) is 40.3 Å². The van der Waals surface area contributed by atoms with E-state index in [1.54, 1.807) is 0 Å². The maximum Gasteiger partial charge on any atom is 0.0409 e. The van der Waals surface area contributed by atoms with Gasteiger partial charge in [0, 0.05) is 9.50 Å². The summed E-state index contributed by atoms with van der Waals surface area (Å²) in [6.07, 6.45) is 2.42. The molecule has 16 heavy (non-hydrogen) atoms. The van der Waals surface area contributed by atoms with E-state index in [0.29, 0.717) is 5.92 Å². The van der Waals surface area contributed by atoms with E-state index < -0.39 is 0 Å². The van der Waals surface area contributed by atoms with Gasteiger partial charge in [0.15, 0.2) is 0 Å². The Kier molecular flexibility index (Phi) is 4.28. The second-order valence-corrected chi connectivity index (χ2v) is 5.72. The zero-order valence-corrected chi connectivity index (χ0v) is 11.8. The summed E-state index contributed by atoms with van der Waals surface area (Å²) in [6.45, 7) is 4.50. The van der Waals surface area contributed by atoms with E-state index >= 15 is 0 Å². The first-order valence-electron chi connectivity index (χ1n) is 5.88. The highest BCUT2D eigenvalue weighted by Gasteiger charge is 2.26. The predicted molar refractivity (Wildman–Crippen MR) is 73.2 cm³/mol. The van der Waals surface area contributed by atoms with Gasteiger partial charge in [0.25, 0.3) is 0 Å². The largest absolute Gasteiger partial charge is 0.316 e. The van der Waals surface area contributed by atoms with Crippen molar-refractivity contribution in [1.29, 1.82) is 0 Å². The smallest absolute Gasteiger partial charge is 0.0409 e. The predicted octanol–water partition coefficient (Wildman–Crippen LogP) is 4.21. The fourth-order valence-electron chi connectivity index (χ4n) is 2.56. The Morgan fingerprint density at radius 1 is 1.50 bits per heavy atom. The Bertz CT molecular complexity index is 367. The van der Waals surface area contributed by atoms with Crippen molar-refractivity contribution in [1.82, 2.24) is 5.32 Å². The molecule has 0 aliphatic carbocycles. The number of rotatable bonds is 2. The summed E-state index contributed by atoms with van der Waals surface area (Å²) in [7, 11) is 0. The van der Waals surface area contributed by atoms with Crippen LogP contribution in [0, 0.1) is 5.92 Å². The molecular formula is C13H17BrClN. The van der Waals surface area contributed by atoms with Crippen molar-refractivity contribution in [2.45, 2.75) is 25.7 Å². The summed E-state index contributed by atoms with van der Waals surface area (Å²) in [4.78, 5) is 0. The van der Waals surface area contributed by atoms with Gasteiger partial charge >= 0.3 is 0 Å². The summed E-state index contributed by atoms with van der Waals surface area (Å²) in [5, 5.41) is 4.31. The Hall–Kier alpha value is -0.0500. The molecule has 1 aliphatic rings. The molecule has 0 spiro atoms. The average molecular weight is 303 g/mol. The molecule has 0 aromatic heterocycles. The molecule has 1 heterocycles. The van der Waals surface area contributed by atoms with Gasteiger partial charge in [-0.1, -0.05) is 40.9 Å². The van der Waals surface area contributed by atoms with Gasteiger partial charge in [-0.2, -0.15) is 0 Å². The van der Waals surface area contributed by atoms with Crippen molar-refractivity contribution in [2.75, 3.05) is 13.1 Å². The van der Waals surface area contributed by atoms with Crippen LogP contribution in [0.1, 0.15) is 31.2 Å². The molecule has 88 valence electrons. The lowest BCUT2D eigenvalue weighted by atomic mass is 9.80. The van der Waals surface area contributed by atoms with Crippen molar-refractivity contribution in [3.8, 4) is 0 Å². The summed E-state index contributed by atoms with van der Waals surface area (Å²) in [5.41, 5.74) is 1.38. The quantitative estimate of drug-likeness (QED) is 0.863. The highest BCUT2D eigenvalue weighted by Crippen LogP contribution is 2.37. The highest BCUT2D eigenvalue weighted by atomic mass is 79.9. The molecule has 0 saturated carbocycles. The van der Waals surface area contributed by atoms with E-state index in [1.165, 1.54) is 22.9 Å². The summed E-state index contributed by atoms with van der Waals surface area (Å²) in [6, 6.07) is 6.12. The number of halogens is 2. The van der Waals surface area contributed by atoms with Gasteiger partial charge in [-0.15, -0.1) is 0 Å². The lowest BCUT2D eigenvalue weighted by Crippen LogP contribution is -2.35. The first-order chi connectivity index (χ1) is 7.72. The maximum atomic E-state index is 6.09. The van der Waals surface area contributed by atoms with Crippen molar-refractivity contribution in [3.05, 3.63) is 33.3 Å². The van der Waals surface area contributed by atoms with Gasteiger partial charge in [0.05, 0.1) is 0 Å². The molecule has 3 heteroatoms. The maximum absolute atomic E-state index is 6.09. The number of piperidine rings is 1. The van der Waals surface area contributed by atoms with Crippen LogP contribution in [0.25, 0.3) is 0 Å². The van der Waals surface area contributed by atoms with Gasteiger partial charge in [0.1, 0.15) is 0 Å². The van der Waals surface area contributed by atoms with Crippen LogP contribution in [0.15, 0.2) is 22.7 Å². The van der Waals surface area contributed by atoms with Crippen LogP contribution in [0.2, 0.25) is 5.02 Å². The van der Waals surface area contributed by atoms with E-state index in [1.807, 2.05) is 6.07 Å². The van der Waals surface area contributed by atoms with Crippen molar-refractivity contribution in [3.63, 3.8) is 0 Å². The van der Waals surface area contributed by atoms with E-state index in [-0.39, 0.29) is 0 Å². The zero-order valence-electron chi connectivity index (χ0n) is 9.47. The van der Waals surface area contributed by atoms with Gasteiger partial charge in [0.2, 0.25) is 0 Å². The van der Waals surface area contributed by atoms with Crippen LogP contribution in [0.5, 0.6) is 0 Å². The Labute approximate surface area is 111 Å². The number of hydrogen-bond acceptors (Lipinski definition) is 1. The summed E-state index contributed by atoms with van der Waals surface area (Å²) in [5.74, 6) is 1.36. The van der Waals surface area contributed by atoms with Crippen LogP contribution < -0.4 is 5.32 Å². The second kappa shape index (κ2) is 5.52. The number of nitrogens with one attached hydrogen (secondary N) is 1. The molecule has 1 fully saturated rings. The van der Waals surface area contributed by atoms with Crippen LogP contribution in [-0.2, 0) is 0 Å². The summed E-state index contributed by atoms with van der Waals surface area (Å²) < 4.78 is 1.20. The molecular weight excluding hydrogens is 286 g/mol. The molecule has 2 atom stereocenters. The normalized spacial score (nSPS) is 25.7. The third-order valence-electron chi connectivity index (χ3n) is 3.49. The molecule has 1 aromatic carbocycles. The van der Waals surface area contributed by atoms with Crippen LogP contribution in [0.4, 0.5) is 0 Å². The van der Waals surface area contributed by atoms with Crippen molar-refractivity contribution >= 4 is 27.5 Å². The van der Waals surface area contributed by atoms with E-state index in [4.69, 9.17) is 11.6 Å². The second-order valence-electron chi connectivity index (χ2n) is 4.43. The number of benzene rings is 1. The topological polar surface area (TPSA) is 12.0 Å². The fourth-order valence-corrected chi connectivity index (χ4v) is 3.28. The Balaban J connectivity index is 2.30. The molecule has 1 saturated heterocycles. The highest BCUT2D eigenvalue weighted by molar-refractivity contribution is 9.10. The van der Waals surface area contributed by atoms with Crippen LogP contribution in [0.3, 0.4) is 0 Å². The van der Waals surface area contributed by atoms with Crippen molar-refractivity contribution in [2.24, 2.45) is 5.92 Å². The van der Waals surface area contributed by atoms with E-state index in [9.17, 15) is 0 Å². The lowest BCUT2D eigenvalue weighted by Gasteiger charge is -2.32. The lowest BCUT2D eigenvalue weighted by molar-refractivity contribution is 0.317. The first-order valence-corrected chi connectivity index (χ1v) is 7.05. The van der Waals surface area contributed by atoms with Gasteiger partial charge in [-0.25, -0.2) is 0 Å². The van der Waals surface area contributed by atoms with Crippen LogP contribution in [-0.4, -0.2) is 13.1 Å². The third kappa shape index (κ3) is 2.61. The van der Waals surface area contributed by atoms with E-state index in [0.717, 1.165) is 24.0 Å². The zero-order chi connectivity index (χ0) is 11.5. The molecule has 0 radical (unpaired) electrons. The number of hydrogen-bond donors (Lipinski definition) is 1. The Morgan fingerprint density at radius 2 is 2.31 bits per heavy atom. The minimum absolute atomic E-state index is 0.638. The Morgan fingerprint density at radius 3 is 3.06 bits per heavy atom. The van der Waals surface area contributed by atoms with Gasteiger partial charge < -0.3 is 5.32 Å². The van der Waals surface area contributed by atoms with Crippen molar-refractivity contribution < 1.29 is 0 Å². The minimum Gasteiger partial charge on any atom is -0.316 e. The monoisotopic (exact) mass is 301 g/mol. The molecule has 1 aliphatic heterocycles. The van der Waals surface area contributed by atoms with Crippen LogP contribution >= 0.6 is 27.5 Å². The fraction of sp³-hybridized carbons (Fsp3) is 0.538. The SMILES string of the molecule is CCC1CNCCC1c1cc(Cl)ccc1Br. The molecule has 1 nitrogen and oxygen atoms in total. The standard InChI is InChI=1S/C13H17BrClN/c1-2-9-8-16-6-5-11(9)12-7-10(15)3-4-13(12)14/h3-4,7,9,11,16H,2,5-6,8H2,1H3. The molecule has 1 N–H and O–H groups in total. The first kappa shape index (κ1) is 12.4. The molecule has 2 unspecified atom stereocenters. The third-order valence-corrected chi connectivity index (χ3v) is 4.45. The van der Waals surface area contributed by atoms with Gasteiger partial charge in [-0.3, -0.25) is 0 Å². The summed E-state index contributed by atoms with van der Waals surface area (Å²) >= 11 is 9.73. The molecule has 0 bridgehead atoms. The molecule has 1 aromatic rings. The average Bonchev–Trinajstić information content (AvgIpc) is 2.32. The molecule has 2 rings (SSSR count). The minimum atomic E-state index is 0.638. The van der Waals surface area contributed by atoms with Gasteiger partial charge in [-0.05, 0) is 55.1 Å².